The fourth-order valence-corrected chi connectivity index (χ4v) is 5.43. The van der Waals surface area contributed by atoms with Crippen LogP contribution in [0.1, 0.15) is 61.6 Å². The van der Waals surface area contributed by atoms with E-state index in [1.165, 1.54) is 38.8 Å². The molecular weight excluding hydrogens is 412 g/mol. The van der Waals surface area contributed by atoms with Gasteiger partial charge in [0.05, 0.1) is 16.9 Å². The van der Waals surface area contributed by atoms with Crippen LogP contribution in [0.3, 0.4) is 0 Å². The van der Waals surface area contributed by atoms with Crippen molar-refractivity contribution in [3.63, 3.8) is 0 Å². The molecule has 5 rings (SSSR count). The van der Waals surface area contributed by atoms with Gasteiger partial charge in [0.1, 0.15) is 0 Å². The zero-order valence-corrected chi connectivity index (χ0v) is 19.8. The van der Waals surface area contributed by atoms with E-state index in [9.17, 15) is 4.79 Å². The van der Waals surface area contributed by atoms with Gasteiger partial charge in [-0.1, -0.05) is 29.8 Å². The Kier molecular flexibility index (Phi) is 6.40. The van der Waals surface area contributed by atoms with Gasteiger partial charge in [0.25, 0.3) is 5.91 Å². The van der Waals surface area contributed by atoms with Gasteiger partial charge >= 0.3 is 0 Å². The van der Waals surface area contributed by atoms with E-state index in [1.54, 1.807) is 10.9 Å². The maximum Gasteiger partial charge on any atom is 0.276 e. The molecule has 2 aliphatic heterocycles. The Morgan fingerprint density at radius 1 is 1.06 bits per heavy atom. The Labute approximate surface area is 195 Å². The average Bonchev–Trinajstić information content (AvgIpc) is 3.24. The van der Waals surface area contributed by atoms with Gasteiger partial charge < -0.3 is 9.80 Å². The molecule has 0 saturated carbocycles. The smallest absolute Gasteiger partial charge is 0.276 e. The quantitative estimate of drug-likeness (QED) is 0.586. The third-order valence-electron chi connectivity index (χ3n) is 7.60. The van der Waals surface area contributed by atoms with Crippen molar-refractivity contribution in [3.05, 3.63) is 47.9 Å². The van der Waals surface area contributed by atoms with Gasteiger partial charge in [-0.25, -0.2) is 4.68 Å². The van der Waals surface area contributed by atoms with Crippen molar-refractivity contribution in [3.8, 4) is 5.69 Å². The zero-order chi connectivity index (χ0) is 22.8. The summed E-state index contributed by atoms with van der Waals surface area (Å²) in [5, 5.41) is 9.66. The monoisotopic (exact) mass is 446 g/mol. The van der Waals surface area contributed by atoms with Crippen molar-refractivity contribution < 1.29 is 4.79 Å². The summed E-state index contributed by atoms with van der Waals surface area (Å²) in [7, 11) is 0. The highest BCUT2D eigenvalue weighted by molar-refractivity contribution is 5.94. The number of rotatable bonds is 5. The van der Waals surface area contributed by atoms with E-state index in [2.05, 4.69) is 27.1 Å². The number of nitrogens with zero attached hydrogens (tertiary/aromatic N) is 6. The summed E-state index contributed by atoms with van der Waals surface area (Å²) in [5.41, 5.74) is 2.92. The molecule has 0 bridgehead atoms. The molecule has 2 saturated heterocycles. The van der Waals surface area contributed by atoms with Crippen molar-refractivity contribution in [1.82, 2.24) is 29.8 Å². The van der Waals surface area contributed by atoms with Crippen molar-refractivity contribution in [2.24, 2.45) is 5.92 Å². The van der Waals surface area contributed by atoms with Crippen molar-refractivity contribution >= 4 is 16.8 Å². The number of carbonyl (C=O) groups excluding carboxylic acids is 1. The number of aromatic nitrogens is 4. The normalized spacial score (nSPS) is 20.4. The predicted octanol–water partition coefficient (Wildman–Crippen LogP) is 4.24. The molecule has 0 unspecified atom stereocenters. The Hall–Kier alpha value is -2.80. The standard InChI is InChI=1S/C26H34N6O/c1-19-7-3-4-15-30(19)16-11-21-12-17-31(18-13-21)26(33)24-20(2)32(29-28-24)23-10-5-8-22-9-6-14-27-25(22)23/h5-6,8-10,14,19,21H,3-4,7,11-13,15-18H2,1-2H3/t19-/m1/s1. The van der Waals surface area contributed by atoms with Crippen molar-refractivity contribution in [1.29, 1.82) is 0 Å². The predicted molar refractivity (Wildman–Crippen MR) is 130 cm³/mol. The second-order valence-corrected chi connectivity index (χ2v) is 9.69. The van der Waals surface area contributed by atoms with Crippen LogP contribution in [0.25, 0.3) is 16.6 Å². The Balaban J connectivity index is 1.23. The van der Waals surface area contributed by atoms with Crippen LogP contribution in [0.5, 0.6) is 0 Å². The van der Waals surface area contributed by atoms with E-state index in [0.29, 0.717) is 11.6 Å². The summed E-state index contributed by atoms with van der Waals surface area (Å²) < 4.78 is 1.75. The molecule has 174 valence electrons. The van der Waals surface area contributed by atoms with E-state index in [0.717, 1.165) is 54.3 Å². The first-order valence-electron chi connectivity index (χ1n) is 12.4. The first-order chi connectivity index (χ1) is 16.1. The van der Waals surface area contributed by atoms with Crippen molar-refractivity contribution in [2.75, 3.05) is 26.2 Å². The highest BCUT2D eigenvalue weighted by Gasteiger charge is 2.28. The molecule has 2 fully saturated rings. The lowest BCUT2D eigenvalue weighted by atomic mass is 9.92. The fourth-order valence-electron chi connectivity index (χ4n) is 5.43. The highest BCUT2D eigenvalue weighted by atomic mass is 16.2. The van der Waals surface area contributed by atoms with Crippen LogP contribution in [0.15, 0.2) is 36.5 Å². The molecular formula is C26H34N6O. The summed E-state index contributed by atoms with van der Waals surface area (Å²) >= 11 is 0. The minimum atomic E-state index is -0.00458. The summed E-state index contributed by atoms with van der Waals surface area (Å²) in [6, 6.07) is 10.7. The van der Waals surface area contributed by atoms with E-state index in [4.69, 9.17) is 0 Å². The van der Waals surface area contributed by atoms with E-state index in [-0.39, 0.29) is 5.91 Å². The summed E-state index contributed by atoms with van der Waals surface area (Å²) in [5.74, 6) is 0.705. The second-order valence-electron chi connectivity index (χ2n) is 9.69. The molecule has 2 aromatic heterocycles. The molecule has 0 spiro atoms. The summed E-state index contributed by atoms with van der Waals surface area (Å²) in [6.07, 6.45) is 9.23. The largest absolute Gasteiger partial charge is 0.337 e. The lowest BCUT2D eigenvalue weighted by molar-refractivity contribution is 0.0666. The van der Waals surface area contributed by atoms with E-state index in [1.807, 2.05) is 42.2 Å². The van der Waals surface area contributed by atoms with Crippen LogP contribution in [0.2, 0.25) is 0 Å². The third-order valence-corrected chi connectivity index (χ3v) is 7.60. The van der Waals surface area contributed by atoms with Crippen LogP contribution in [0.4, 0.5) is 0 Å². The number of fused-ring (bicyclic) bond motifs is 1. The topological polar surface area (TPSA) is 67.2 Å². The number of para-hydroxylation sites is 1. The molecule has 0 radical (unpaired) electrons. The SMILES string of the molecule is Cc1c(C(=O)N2CCC(CCN3CCCC[C@H]3C)CC2)nnn1-c1cccc2cccnc12. The second kappa shape index (κ2) is 9.59. The number of hydrogen-bond donors (Lipinski definition) is 0. The van der Waals surface area contributed by atoms with Gasteiger partial charge in [-0.05, 0) is 77.1 Å². The van der Waals surface area contributed by atoms with Gasteiger partial charge in [-0.2, -0.15) is 0 Å². The first kappa shape index (κ1) is 22.0. The van der Waals surface area contributed by atoms with Gasteiger partial charge in [0.15, 0.2) is 5.69 Å². The lowest BCUT2D eigenvalue weighted by Gasteiger charge is -2.36. The number of pyridine rings is 1. The molecule has 7 heteroatoms. The van der Waals surface area contributed by atoms with Gasteiger partial charge in [0.2, 0.25) is 0 Å². The van der Waals surface area contributed by atoms with E-state index >= 15 is 0 Å². The van der Waals surface area contributed by atoms with Crippen LogP contribution in [0, 0.1) is 12.8 Å². The number of carbonyl (C=O) groups is 1. The minimum absolute atomic E-state index is 0.00458. The van der Waals surface area contributed by atoms with Crippen LogP contribution >= 0.6 is 0 Å². The number of hydrogen-bond acceptors (Lipinski definition) is 5. The van der Waals surface area contributed by atoms with Crippen molar-refractivity contribution in [2.45, 2.75) is 58.4 Å². The van der Waals surface area contributed by atoms with Gasteiger partial charge in [0, 0.05) is 30.7 Å². The maximum absolute atomic E-state index is 13.3. The minimum Gasteiger partial charge on any atom is -0.337 e. The molecule has 0 aliphatic carbocycles. The molecule has 1 amide bonds. The molecule has 2 aliphatic rings. The number of likely N-dealkylation sites (tertiary alicyclic amines) is 2. The molecule has 1 aromatic carbocycles. The number of benzene rings is 1. The molecule has 0 N–H and O–H groups in total. The van der Waals surface area contributed by atoms with Gasteiger partial charge in [-0.15, -0.1) is 5.10 Å². The van der Waals surface area contributed by atoms with Gasteiger partial charge in [-0.3, -0.25) is 9.78 Å². The molecule has 4 heterocycles. The zero-order valence-electron chi connectivity index (χ0n) is 19.8. The maximum atomic E-state index is 13.3. The molecule has 3 aromatic rings. The first-order valence-corrected chi connectivity index (χ1v) is 12.4. The summed E-state index contributed by atoms with van der Waals surface area (Å²) in [6.45, 7) is 8.35. The number of piperidine rings is 2. The Morgan fingerprint density at radius 2 is 1.88 bits per heavy atom. The Morgan fingerprint density at radius 3 is 2.70 bits per heavy atom. The fraction of sp³-hybridized carbons (Fsp3) is 0.538. The molecule has 33 heavy (non-hydrogen) atoms. The van der Waals surface area contributed by atoms with E-state index < -0.39 is 0 Å². The lowest BCUT2D eigenvalue weighted by Crippen LogP contribution is -2.41. The average molecular weight is 447 g/mol. The molecule has 7 nitrogen and oxygen atoms in total. The summed E-state index contributed by atoms with van der Waals surface area (Å²) in [4.78, 5) is 22.4. The van der Waals surface area contributed by atoms with Crippen LogP contribution < -0.4 is 0 Å². The number of amides is 1. The van der Waals surface area contributed by atoms with Crippen LogP contribution in [-0.2, 0) is 0 Å². The van der Waals surface area contributed by atoms with Crippen LogP contribution in [-0.4, -0.2) is 67.9 Å². The molecule has 1 atom stereocenters. The Bertz CT molecular complexity index is 1110. The third kappa shape index (κ3) is 4.51. The highest BCUT2D eigenvalue weighted by Crippen LogP contribution is 2.26.